The van der Waals surface area contributed by atoms with Crippen LogP contribution in [0.3, 0.4) is 0 Å². The van der Waals surface area contributed by atoms with Crippen molar-refractivity contribution < 1.29 is 13.2 Å². The summed E-state index contributed by atoms with van der Waals surface area (Å²) in [7, 11) is -3.38. The summed E-state index contributed by atoms with van der Waals surface area (Å²) in [5, 5.41) is 6.47. The lowest BCUT2D eigenvalue weighted by molar-refractivity contribution is 0.0994. The van der Waals surface area contributed by atoms with Crippen molar-refractivity contribution in [2.45, 2.75) is 30.3 Å². The predicted molar refractivity (Wildman–Crippen MR) is 118 cm³/mol. The number of anilines is 1. The fourth-order valence-corrected chi connectivity index (χ4v) is 4.36. The first-order chi connectivity index (χ1) is 14.2. The average Bonchev–Trinajstić information content (AvgIpc) is 3.05. The van der Waals surface area contributed by atoms with E-state index in [0.29, 0.717) is 29.4 Å². The van der Waals surface area contributed by atoms with Crippen LogP contribution in [0.4, 0.5) is 5.69 Å². The molecule has 0 amide bonds. The monoisotopic (exact) mass is 446 g/mol. The van der Waals surface area contributed by atoms with Gasteiger partial charge in [-0.1, -0.05) is 42.1 Å². The molecule has 2 aromatic carbocycles. The number of H-pyrrole nitrogens is 1. The summed E-state index contributed by atoms with van der Waals surface area (Å²) >= 11 is 1.20. The number of carbonyl (C=O) groups excluding carboxylic acids is 1. The predicted octanol–water partition coefficient (Wildman–Crippen LogP) is 2.55. The Morgan fingerprint density at radius 1 is 1.17 bits per heavy atom. The van der Waals surface area contributed by atoms with Gasteiger partial charge < -0.3 is 0 Å². The molecule has 0 unspecified atom stereocenters. The smallest absolute Gasteiger partial charge is 0.293 e. The lowest BCUT2D eigenvalue weighted by Gasteiger charge is -2.11. The zero-order chi connectivity index (χ0) is 21.7. The summed E-state index contributed by atoms with van der Waals surface area (Å²) in [6.45, 7) is 2.20. The Balaban J connectivity index is 1.67. The fourth-order valence-electron chi connectivity index (χ4n) is 2.84. The van der Waals surface area contributed by atoms with Gasteiger partial charge >= 0.3 is 5.69 Å². The molecule has 0 aliphatic heterocycles. The number of hydrogen-bond donors (Lipinski definition) is 2. The number of nitrogens with zero attached hydrogens (tertiary/aromatic N) is 2. The van der Waals surface area contributed by atoms with Crippen LogP contribution in [-0.2, 0) is 23.0 Å². The van der Waals surface area contributed by atoms with Gasteiger partial charge in [-0.25, -0.2) is 18.3 Å². The zero-order valence-electron chi connectivity index (χ0n) is 16.5. The first-order valence-electron chi connectivity index (χ1n) is 9.21. The van der Waals surface area contributed by atoms with E-state index < -0.39 is 15.3 Å². The van der Waals surface area contributed by atoms with Crippen LogP contribution >= 0.6 is 11.8 Å². The topological polar surface area (TPSA) is 114 Å². The Bertz CT molecular complexity index is 1170. The van der Waals surface area contributed by atoms with Crippen LogP contribution in [0.5, 0.6) is 0 Å². The quantitative estimate of drug-likeness (QED) is 0.386. The number of thioether (sulfide) groups is 1. The average molecular weight is 447 g/mol. The van der Waals surface area contributed by atoms with E-state index in [2.05, 4.69) is 14.9 Å². The Morgan fingerprint density at radius 3 is 2.47 bits per heavy atom. The zero-order valence-corrected chi connectivity index (χ0v) is 18.2. The van der Waals surface area contributed by atoms with Gasteiger partial charge in [-0.3, -0.25) is 14.1 Å². The minimum atomic E-state index is -3.38. The molecule has 2 N–H and O–H groups in total. The van der Waals surface area contributed by atoms with Gasteiger partial charge in [-0.15, -0.1) is 5.10 Å². The molecule has 10 heteroatoms. The van der Waals surface area contributed by atoms with Crippen molar-refractivity contribution in [1.82, 2.24) is 14.8 Å². The van der Waals surface area contributed by atoms with E-state index in [-0.39, 0.29) is 11.5 Å². The molecule has 8 nitrogen and oxygen atoms in total. The third-order valence-corrected chi connectivity index (χ3v) is 6.01. The molecule has 0 fully saturated rings. The largest absolute Gasteiger partial charge is 0.343 e. The molecule has 0 aliphatic rings. The molecule has 1 atom stereocenters. The Labute approximate surface area is 178 Å². The summed E-state index contributed by atoms with van der Waals surface area (Å²) in [5.74, 6) is -0.143. The Kier molecular flexibility index (Phi) is 6.78. The van der Waals surface area contributed by atoms with Crippen LogP contribution < -0.4 is 10.4 Å². The van der Waals surface area contributed by atoms with Crippen molar-refractivity contribution in [3.63, 3.8) is 0 Å². The molecule has 0 spiro atoms. The summed E-state index contributed by atoms with van der Waals surface area (Å²) in [6.07, 6.45) is 1.73. The van der Waals surface area contributed by atoms with Crippen LogP contribution in [0, 0.1) is 0 Å². The number of aromatic amines is 1. The van der Waals surface area contributed by atoms with Crippen molar-refractivity contribution in [1.29, 1.82) is 0 Å². The van der Waals surface area contributed by atoms with Crippen molar-refractivity contribution in [3.8, 4) is 0 Å². The summed E-state index contributed by atoms with van der Waals surface area (Å²) in [4.78, 5) is 24.9. The molecule has 0 radical (unpaired) electrons. The molecule has 30 heavy (non-hydrogen) atoms. The number of sulfonamides is 1. The highest BCUT2D eigenvalue weighted by molar-refractivity contribution is 8.00. The number of Topliss-reactive ketones (excluding diaryl/α,β-unsaturated/α-hetero) is 1. The maximum Gasteiger partial charge on any atom is 0.343 e. The van der Waals surface area contributed by atoms with Crippen molar-refractivity contribution in [2.24, 2.45) is 0 Å². The van der Waals surface area contributed by atoms with E-state index in [1.807, 2.05) is 30.3 Å². The summed E-state index contributed by atoms with van der Waals surface area (Å²) in [5.41, 5.74) is 1.62. The number of carbonyl (C=O) groups is 1. The van der Waals surface area contributed by atoms with Gasteiger partial charge in [-0.2, -0.15) is 0 Å². The second-order valence-corrected chi connectivity index (χ2v) is 9.83. The van der Waals surface area contributed by atoms with Crippen LogP contribution in [-0.4, -0.2) is 40.5 Å². The summed E-state index contributed by atoms with van der Waals surface area (Å²) in [6, 6.07) is 16.0. The molecule has 1 heterocycles. The van der Waals surface area contributed by atoms with Gasteiger partial charge in [0, 0.05) is 17.8 Å². The van der Waals surface area contributed by atoms with Crippen molar-refractivity contribution >= 4 is 33.3 Å². The van der Waals surface area contributed by atoms with E-state index in [1.165, 1.54) is 28.5 Å². The SMILES string of the molecule is C[C@@H](Sc1n[nH]c(=O)n1CCc1ccccc1)C(=O)c1ccc(NS(C)(=O)=O)cc1. The molecule has 0 saturated carbocycles. The highest BCUT2D eigenvalue weighted by Gasteiger charge is 2.20. The molecule has 0 aliphatic carbocycles. The van der Waals surface area contributed by atoms with E-state index >= 15 is 0 Å². The highest BCUT2D eigenvalue weighted by atomic mass is 32.2. The number of nitrogens with one attached hydrogen (secondary N) is 2. The second-order valence-electron chi connectivity index (χ2n) is 6.77. The molecule has 158 valence electrons. The number of rotatable bonds is 9. The standard InChI is InChI=1S/C20H22N4O4S2/c1-14(18(25)16-8-10-17(11-9-16)23-30(2,27)28)29-20-22-21-19(26)24(20)13-12-15-6-4-3-5-7-15/h3-11,14,23H,12-13H2,1-2H3,(H,21,26)/t14-/m1/s1. The Hall–Kier alpha value is -2.85. The molecule has 0 saturated heterocycles. The minimum absolute atomic E-state index is 0.143. The van der Waals surface area contributed by atoms with Crippen LogP contribution in [0.25, 0.3) is 0 Å². The maximum absolute atomic E-state index is 12.8. The van der Waals surface area contributed by atoms with E-state index in [4.69, 9.17) is 0 Å². The normalized spacial score (nSPS) is 12.5. The van der Waals surface area contributed by atoms with Crippen LogP contribution in [0.15, 0.2) is 64.5 Å². The first-order valence-corrected chi connectivity index (χ1v) is 12.0. The number of aromatic nitrogens is 3. The van der Waals surface area contributed by atoms with Crippen molar-refractivity contribution in [2.75, 3.05) is 11.0 Å². The molecular formula is C20H22N4O4S2. The van der Waals surface area contributed by atoms with Gasteiger partial charge in [0.25, 0.3) is 0 Å². The first kappa shape index (κ1) is 21.8. The second kappa shape index (κ2) is 9.31. The Morgan fingerprint density at radius 2 is 1.83 bits per heavy atom. The van der Waals surface area contributed by atoms with E-state index in [1.54, 1.807) is 19.1 Å². The number of benzene rings is 2. The maximum atomic E-state index is 12.8. The lowest BCUT2D eigenvalue weighted by Crippen LogP contribution is -2.20. The van der Waals surface area contributed by atoms with Gasteiger partial charge in [0.1, 0.15) is 0 Å². The molecule has 3 aromatic rings. The number of aryl methyl sites for hydroxylation is 1. The third kappa shape index (κ3) is 5.83. The highest BCUT2D eigenvalue weighted by Crippen LogP contribution is 2.24. The van der Waals surface area contributed by atoms with Crippen molar-refractivity contribution in [3.05, 3.63) is 76.2 Å². The van der Waals surface area contributed by atoms with Gasteiger partial charge in [-0.05, 0) is 43.2 Å². The third-order valence-electron chi connectivity index (χ3n) is 4.31. The minimum Gasteiger partial charge on any atom is -0.293 e. The van der Waals surface area contributed by atoms with E-state index in [0.717, 1.165) is 11.8 Å². The number of ketones is 1. The van der Waals surface area contributed by atoms with Gasteiger partial charge in [0.2, 0.25) is 10.0 Å². The van der Waals surface area contributed by atoms with Crippen LogP contribution in [0.2, 0.25) is 0 Å². The van der Waals surface area contributed by atoms with Gasteiger partial charge in [0.05, 0.1) is 11.5 Å². The summed E-state index contributed by atoms with van der Waals surface area (Å²) < 4.78 is 26.5. The number of hydrogen-bond acceptors (Lipinski definition) is 6. The molecular weight excluding hydrogens is 424 g/mol. The van der Waals surface area contributed by atoms with Crippen LogP contribution in [0.1, 0.15) is 22.8 Å². The fraction of sp³-hybridized carbons (Fsp3) is 0.250. The van der Waals surface area contributed by atoms with E-state index in [9.17, 15) is 18.0 Å². The molecule has 3 rings (SSSR count). The molecule has 0 bridgehead atoms. The van der Waals surface area contributed by atoms with Gasteiger partial charge in [0.15, 0.2) is 10.9 Å². The lowest BCUT2D eigenvalue weighted by atomic mass is 10.1. The molecule has 1 aromatic heterocycles.